The van der Waals surface area contributed by atoms with Crippen molar-refractivity contribution in [3.63, 3.8) is 0 Å². The van der Waals surface area contributed by atoms with Crippen LogP contribution in [0, 0.1) is 0 Å². The van der Waals surface area contributed by atoms with Crippen LogP contribution in [0.2, 0.25) is 45.8 Å². The van der Waals surface area contributed by atoms with Gasteiger partial charge in [0.2, 0.25) is 0 Å². The topological polar surface area (TPSA) is 18.5 Å². The van der Waals surface area contributed by atoms with Gasteiger partial charge < -0.3 is 8.23 Å². The van der Waals surface area contributed by atoms with E-state index in [1.165, 1.54) is 69.4 Å². The molecule has 0 heterocycles. The summed E-state index contributed by atoms with van der Waals surface area (Å²) in [5, 5.41) is 2.92. The quantitative estimate of drug-likeness (QED) is 0.127. The highest BCUT2D eigenvalue weighted by Gasteiger charge is 2.24. The zero-order valence-corrected chi connectivity index (χ0v) is 36.4. The first-order valence-electron chi connectivity index (χ1n) is 15.1. The van der Waals surface area contributed by atoms with Crippen LogP contribution in [0.15, 0.2) is 86.0 Å². The fourth-order valence-electron chi connectivity index (χ4n) is 2.79. The third-order valence-corrected chi connectivity index (χ3v) is 14.1. The minimum absolute atomic E-state index is 1.000. The van der Waals surface area contributed by atoms with Crippen molar-refractivity contribution in [3.05, 3.63) is 86.0 Å². The van der Waals surface area contributed by atoms with E-state index in [0.717, 1.165) is 12.5 Å². The molecule has 0 atom stereocenters. The van der Waals surface area contributed by atoms with Crippen molar-refractivity contribution in [3.8, 4) is 0 Å². The monoisotopic (exact) mass is 656 g/mol. The van der Waals surface area contributed by atoms with Gasteiger partial charge in [0.25, 0.3) is 9.28 Å². The summed E-state index contributed by atoms with van der Waals surface area (Å²) >= 11 is 1.000. The molecule has 232 valence electrons. The van der Waals surface area contributed by atoms with E-state index in [0.29, 0.717) is 0 Å². The van der Waals surface area contributed by atoms with Crippen molar-refractivity contribution in [2.45, 2.75) is 98.2 Å². The predicted octanol–water partition coefficient (Wildman–Crippen LogP) is 7.17. The average Bonchev–Trinajstić information content (AvgIpc) is 2.87. The molecule has 0 amide bonds. The van der Waals surface area contributed by atoms with Gasteiger partial charge >= 0.3 is 0 Å². The Balaban J connectivity index is -0.000000209. The number of thiol groups is 1. The van der Waals surface area contributed by atoms with Crippen LogP contribution in [0.4, 0.5) is 0 Å². The van der Waals surface area contributed by atoms with Crippen molar-refractivity contribution in [2.24, 2.45) is 0 Å². The fraction of sp³-hybridized carbons (Fsp3) is 0.500. The first-order valence-corrected chi connectivity index (χ1v) is 26.5. The normalized spacial score (nSPS) is 10.3. The van der Waals surface area contributed by atoms with Crippen LogP contribution in [0.1, 0.15) is 52.4 Å². The first kappa shape index (κ1) is 43.7. The molecule has 2 aromatic carbocycles. The Kier molecular flexibility index (Phi) is 35.8. The molecule has 0 aliphatic rings. The first-order chi connectivity index (χ1) is 19.1. The number of hydrogen-bond acceptors (Lipinski definition) is 3. The van der Waals surface area contributed by atoms with Crippen LogP contribution in [-0.2, 0) is 8.23 Å². The molecule has 0 bridgehead atoms. The maximum absolute atomic E-state index is 6.12. The van der Waals surface area contributed by atoms with E-state index in [2.05, 4.69) is 121 Å². The molecule has 2 rings (SSSR count). The third-order valence-electron chi connectivity index (χ3n) is 4.44. The zero-order chi connectivity index (χ0) is 32.6. The maximum Gasteiger partial charge on any atom is 0.297 e. The van der Waals surface area contributed by atoms with Crippen LogP contribution < -0.4 is 10.4 Å². The predicted molar refractivity (Wildman–Crippen MR) is 208 cm³/mol. The van der Waals surface area contributed by atoms with Crippen molar-refractivity contribution < 1.29 is 8.23 Å². The van der Waals surface area contributed by atoms with E-state index in [1.807, 2.05) is 24.3 Å². The van der Waals surface area contributed by atoms with Gasteiger partial charge in [-0.2, -0.15) is 12.5 Å². The van der Waals surface area contributed by atoms with Crippen LogP contribution in [-0.4, -0.2) is 53.8 Å². The summed E-state index contributed by atoms with van der Waals surface area (Å²) < 4.78 is 17.9. The molecule has 0 saturated carbocycles. The second-order valence-corrected chi connectivity index (χ2v) is 25.0. The second kappa shape index (κ2) is 32.8. The summed E-state index contributed by atoms with van der Waals surface area (Å²) in [6.07, 6.45) is 13.1. The van der Waals surface area contributed by atoms with Gasteiger partial charge in [-0.1, -0.05) is 123 Å². The SMILES string of the molecule is C=CCCCC.C=CCCCC.C[SiH](O[Si](C)(C)C)O[Si](C)(C)C.[3H]SC.[SiH3]c1ccccc1.[SiH3]c1ccccc1. The van der Waals surface area contributed by atoms with Gasteiger partial charge in [0, 0.05) is 20.5 Å². The Morgan fingerprint density at radius 2 is 1.02 bits per heavy atom. The summed E-state index contributed by atoms with van der Waals surface area (Å²) in [7, 11) is -1.70. The lowest BCUT2D eigenvalue weighted by Gasteiger charge is -2.28. The Labute approximate surface area is 267 Å². The molecule has 0 radical (unpaired) electrons. The Bertz CT molecular complexity index is 721. The van der Waals surface area contributed by atoms with Crippen molar-refractivity contribution in [2.75, 3.05) is 6.26 Å². The van der Waals surface area contributed by atoms with Gasteiger partial charge in [0.15, 0.2) is 16.6 Å². The smallest absolute Gasteiger partial charge is 0.297 e. The molecule has 0 spiro atoms. The fourth-order valence-corrected chi connectivity index (χ4v) is 12.1. The van der Waals surface area contributed by atoms with E-state index < -0.39 is 25.9 Å². The summed E-state index contributed by atoms with van der Waals surface area (Å²) in [6, 6.07) is 21.0. The Morgan fingerprint density at radius 3 is 1.15 bits per heavy atom. The van der Waals surface area contributed by atoms with Gasteiger partial charge in [0.1, 0.15) is 1.12 Å². The van der Waals surface area contributed by atoms with E-state index in [-0.39, 0.29) is 0 Å². The molecular weight excluding hydrogens is 589 g/mol. The van der Waals surface area contributed by atoms with Gasteiger partial charge in [-0.15, -0.1) is 13.2 Å². The van der Waals surface area contributed by atoms with Crippen LogP contribution in [0.25, 0.3) is 0 Å². The Morgan fingerprint density at radius 1 is 0.750 bits per heavy atom. The van der Waals surface area contributed by atoms with Crippen molar-refractivity contribution in [1.82, 2.24) is 0 Å². The highest BCUT2D eigenvalue weighted by Crippen LogP contribution is 2.10. The number of allylic oxidation sites excluding steroid dienone is 2. The Hall–Kier alpha value is -0.726. The molecule has 8 heteroatoms. The van der Waals surface area contributed by atoms with Crippen LogP contribution >= 0.6 is 12.5 Å². The minimum Gasteiger partial charge on any atom is -0.439 e. The lowest BCUT2D eigenvalue weighted by atomic mass is 10.3. The van der Waals surface area contributed by atoms with Gasteiger partial charge in [-0.3, -0.25) is 0 Å². The third kappa shape index (κ3) is 50.1. The molecule has 0 saturated heterocycles. The number of hydrogen-bond donors (Lipinski definition) is 1. The molecule has 0 unspecified atom stereocenters. The lowest BCUT2D eigenvalue weighted by Crippen LogP contribution is -2.41. The molecule has 0 aromatic heterocycles. The minimum atomic E-state index is -1.36. The van der Waals surface area contributed by atoms with Crippen LogP contribution in [0.3, 0.4) is 0 Å². The summed E-state index contributed by atoms with van der Waals surface area (Å²) in [5.41, 5.74) is 0. The van der Waals surface area contributed by atoms with E-state index >= 15 is 0 Å². The molecule has 0 fully saturated rings. The van der Waals surface area contributed by atoms with Gasteiger partial charge in [0.05, 0.1) is 0 Å². The number of unbranched alkanes of at least 4 members (excludes halogenated alkanes) is 4. The van der Waals surface area contributed by atoms with Crippen LogP contribution in [0.5, 0.6) is 0 Å². The van der Waals surface area contributed by atoms with E-state index in [4.69, 9.17) is 9.35 Å². The van der Waals surface area contributed by atoms with Gasteiger partial charge in [-0.25, -0.2) is 0 Å². The van der Waals surface area contributed by atoms with E-state index in [1.54, 1.807) is 6.26 Å². The van der Waals surface area contributed by atoms with Gasteiger partial charge in [-0.05, 0) is 64.9 Å². The second-order valence-electron chi connectivity index (χ2n) is 11.2. The highest BCUT2D eigenvalue weighted by atomic mass is 32.1. The summed E-state index contributed by atoms with van der Waals surface area (Å²) in [4.78, 5) is 0. The maximum atomic E-state index is 6.12. The highest BCUT2D eigenvalue weighted by molar-refractivity contribution is 7.79. The molecule has 2 aromatic rings. The largest absolute Gasteiger partial charge is 0.439 e. The molecule has 0 N–H and O–H groups in total. The van der Waals surface area contributed by atoms with Crippen molar-refractivity contribution in [1.29, 1.82) is 1.12 Å². The summed E-state index contributed by atoms with van der Waals surface area (Å²) in [5.74, 6) is 0. The summed E-state index contributed by atoms with van der Waals surface area (Å²) in [6.45, 7) is 27.0. The molecule has 2 nitrogen and oxygen atoms in total. The molecule has 0 aliphatic carbocycles. The number of benzene rings is 2. The molecule has 0 aliphatic heterocycles. The zero-order valence-electron chi connectivity index (χ0n) is 29.4. The average molecular weight is 657 g/mol. The lowest BCUT2D eigenvalue weighted by molar-refractivity contribution is 0.428. The molecular formula is C32H66O2SSi5. The molecule has 40 heavy (non-hydrogen) atoms. The van der Waals surface area contributed by atoms with Crippen molar-refractivity contribution >= 4 is 69.3 Å². The van der Waals surface area contributed by atoms with E-state index in [9.17, 15) is 0 Å². The standard InChI is InChI=1S/C7H22O2Si3.2C6H8Si.2C6H12.CH4S/c1-10(8-11(2,3)4)9-12(5,6)7;2*7-6-4-2-1-3-5-6;2*1-3-5-6-4-2;1-2/h10H,1-7H3;2*1-5H,7H3;2*3H,1,4-6H2,2H3;2H,1H3/i/hT. The number of rotatable bonds is 10.